The van der Waals surface area contributed by atoms with Gasteiger partial charge in [-0.2, -0.15) is 0 Å². The first-order chi connectivity index (χ1) is 16.1. The number of aliphatic hydroxyl groups is 1. The van der Waals surface area contributed by atoms with Crippen molar-refractivity contribution in [1.29, 1.82) is 0 Å². The lowest BCUT2D eigenvalue weighted by molar-refractivity contribution is -0.170. The van der Waals surface area contributed by atoms with E-state index >= 15 is 0 Å². The van der Waals surface area contributed by atoms with Gasteiger partial charge in [-0.05, 0) is 36.2 Å². The maximum atomic E-state index is 10.3. The van der Waals surface area contributed by atoms with Crippen LogP contribution in [0.1, 0.15) is 56.4 Å². The molecule has 9 nitrogen and oxygen atoms in total. The summed E-state index contributed by atoms with van der Waals surface area (Å²) in [4.78, 5) is 33.2. The summed E-state index contributed by atoms with van der Waals surface area (Å²) in [6, 6.07) is 11.3. The number of carbonyl (C=O) groups is 3. The van der Waals surface area contributed by atoms with Crippen LogP contribution in [0, 0.1) is 11.3 Å². The normalized spacial score (nSPS) is 24.0. The maximum Gasteiger partial charge on any atom is 0.336 e. The SMILES string of the molecule is O=C(O)CC(O)(CC(=O)O)C(=O)O.c1ccc(C2CN(CC3CCOC3)CC23CCCC3)cc1. The molecule has 34 heavy (non-hydrogen) atoms. The van der Waals surface area contributed by atoms with E-state index in [1.807, 2.05) is 0 Å². The van der Waals surface area contributed by atoms with Crippen LogP contribution < -0.4 is 0 Å². The summed E-state index contributed by atoms with van der Waals surface area (Å²) < 4.78 is 5.57. The Morgan fingerprint density at radius 2 is 1.65 bits per heavy atom. The summed E-state index contributed by atoms with van der Waals surface area (Å²) in [7, 11) is 0. The van der Waals surface area contributed by atoms with Crippen LogP contribution in [0.25, 0.3) is 0 Å². The molecule has 0 aromatic heterocycles. The highest BCUT2D eigenvalue weighted by Gasteiger charge is 2.48. The molecule has 188 valence electrons. The van der Waals surface area contributed by atoms with Crippen molar-refractivity contribution in [2.24, 2.45) is 11.3 Å². The summed E-state index contributed by atoms with van der Waals surface area (Å²) in [6.45, 7) is 5.81. The third-order valence-electron chi connectivity index (χ3n) is 7.35. The minimum absolute atomic E-state index is 0.570. The van der Waals surface area contributed by atoms with Gasteiger partial charge in [0.05, 0.1) is 19.4 Å². The van der Waals surface area contributed by atoms with Crippen molar-refractivity contribution in [3.8, 4) is 0 Å². The average Bonchev–Trinajstić information content (AvgIpc) is 3.51. The van der Waals surface area contributed by atoms with E-state index in [9.17, 15) is 14.4 Å². The van der Waals surface area contributed by atoms with Gasteiger partial charge in [-0.1, -0.05) is 43.2 Å². The van der Waals surface area contributed by atoms with Crippen LogP contribution in [-0.4, -0.2) is 81.7 Å². The van der Waals surface area contributed by atoms with Gasteiger partial charge in [0.15, 0.2) is 5.60 Å². The lowest BCUT2D eigenvalue weighted by atomic mass is 9.73. The fourth-order valence-electron chi connectivity index (χ4n) is 5.75. The lowest BCUT2D eigenvalue weighted by Crippen LogP contribution is -2.42. The second-order valence-electron chi connectivity index (χ2n) is 9.93. The molecule has 1 aromatic rings. The Morgan fingerprint density at radius 1 is 1.03 bits per heavy atom. The zero-order chi connectivity index (χ0) is 24.8. The molecule has 9 heteroatoms. The molecule has 2 heterocycles. The van der Waals surface area contributed by atoms with E-state index in [-0.39, 0.29) is 0 Å². The Hall–Kier alpha value is -2.49. The van der Waals surface area contributed by atoms with Crippen molar-refractivity contribution in [1.82, 2.24) is 4.90 Å². The predicted molar refractivity (Wildman–Crippen MR) is 123 cm³/mol. The zero-order valence-electron chi connectivity index (χ0n) is 19.4. The number of nitrogens with zero attached hydrogens (tertiary/aromatic N) is 1. The van der Waals surface area contributed by atoms with E-state index in [4.69, 9.17) is 25.2 Å². The first kappa shape index (κ1) is 26.1. The number of rotatable bonds is 8. The molecule has 2 aliphatic heterocycles. The summed E-state index contributed by atoms with van der Waals surface area (Å²) in [5.74, 6) is -3.49. The number of ether oxygens (including phenoxy) is 1. The van der Waals surface area contributed by atoms with E-state index in [1.54, 1.807) is 5.56 Å². The maximum absolute atomic E-state index is 10.3. The van der Waals surface area contributed by atoms with Gasteiger partial charge in [-0.3, -0.25) is 9.59 Å². The second-order valence-corrected chi connectivity index (χ2v) is 9.93. The highest BCUT2D eigenvalue weighted by atomic mass is 16.5. The summed E-state index contributed by atoms with van der Waals surface area (Å²) in [5, 5.41) is 33.8. The molecule has 1 saturated carbocycles. The molecule has 4 N–H and O–H groups in total. The molecule has 0 amide bonds. The topological polar surface area (TPSA) is 145 Å². The van der Waals surface area contributed by atoms with E-state index < -0.39 is 36.4 Å². The highest BCUT2D eigenvalue weighted by Crippen LogP contribution is 2.53. The number of aliphatic carboxylic acids is 3. The van der Waals surface area contributed by atoms with E-state index in [2.05, 4.69) is 35.2 Å². The first-order valence-corrected chi connectivity index (χ1v) is 11.9. The van der Waals surface area contributed by atoms with Gasteiger partial charge >= 0.3 is 17.9 Å². The fraction of sp³-hybridized carbons (Fsp3) is 0.640. The number of benzene rings is 1. The minimum Gasteiger partial charge on any atom is -0.481 e. The van der Waals surface area contributed by atoms with Gasteiger partial charge in [0.2, 0.25) is 0 Å². The molecule has 1 spiro atoms. The van der Waals surface area contributed by atoms with Crippen molar-refractivity contribution >= 4 is 17.9 Å². The van der Waals surface area contributed by atoms with Crippen molar-refractivity contribution in [3.63, 3.8) is 0 Å². The number of hydrogen-bond donors (Lipinski definition) is 4. The molecule has 1 aliphatic carbocycles. The molecule has 0 radical (unpaired) electrons. The lowest BCUT2D eigenvalue weighted by Gasteiger charge is -2.30. The molecule has 4 rings (SSSR count). The Kier molecular flexibility index (Phi) is 8.67. The monoisotopic (exact) mass is 477 g/mol. The summed E-state index contributed by atoms with van der Waals surface area (Å²) in [5.41, 5.74) is -0.594. The quantitative estimate of drug-likeness (QED) is 0.443. The standard InChI is InChI=1S/C19H27NO.C6H8O7/c1-2-6-17(7-3-1)18-13-20(12-16-8-11-21-14-16)15-19(18)9-4-5-10-19;7-3(8)1-6(13,5(11)12)2-4(9)10/h1-3,6-7,16,18H,4-5,8-15H2;13H,1-2H2,(H,7,8)(H,9,10)(H,11,12). The van der Waals surface area contributed by atoms with Crippen LogP contribution in [0.5, 0.6) is 0 Å². The summed E-state index contributed by atoms with van der Waals surface area (Å²) in [6.07, 6.45) is 4.71. The van der Waals surface area contributed by atoms with Crippen molar-refractivity contribution in [2.75, 3.05) is 32.8 Å². The molecule has 1 aromatic carbocycles. The number of carboxylic acid groups (broad SMARTS) is 3. The third-order valence-corrected chi connectivity index (χ3v) is 7.35. The van der Waals surface area contributed by atoms with Crippen LogP contribution in [0.15, 0.2) is 30.3 Å². The van der Waals surface area contributed by atoms with Gasteiger partial charge in [0, 0.05) is 32.2 Å². The number of hydrogen-bond acceptors (Lipinski definition) is 6. The van der Waals surface area contributed by atoms with Crippen molar-refractivity contribution < 1.29 is 39.5 Å². The van der Waals surface area contributed by atoms with E-state index in [0.717, 1.165) is 25.0 Å². The van der Waals surface area contributed by atoms with Crippen LogP contribution in [0.4, 0.5) is 0 Å². The molecular weight excluding hydrogens is 442 g/mol. The molecule has 0 bridgehead atoms. The molecule has 3 fully saturated rings. The van der Waals surface area contributed by atoms with Crippen molar-refractivity contribution in [3.05, 3.63) is 35.9 Å². The van der Waals surface area contributed by atoms with E-state index in [1.165, 1.54) is 51.7 Å². The van der Waals surface area contributed by atoms with Gasteiger partial charge in [-0.15, -0.1) is 0 Å². The first-order valence-electron chi connectivity index (χ1n) is 11.9. The fourth-order valence-corrected chi connectivity index (χ4v) is 5.75. The van der Waals surface area contributed by atoms with Crippen LogP contribution in [-0.2, 0) is 19.1 Å². The number of carboxylic acids is 3. The highest BCUT2D eigenvalue weighted by molar-refractivity contribution is 5.88. The molecule has 2 atom stereocenters. The van der Waals surface area contributed by atoms with Crippen LogP contribution >= 0.6 is 0 Å². The van der Waals surface area contributed by atoms with E-state index in [0.29, 0.717) is 5.41 Å². The molecule has 2 unspecified atom stereocenters. The van der Waals surface area contributed by atoms with Crippen LogP contribution in [0.3, 0.4) is 0 Å². The van der Waals surface area contributed by atoms with Gasteiger partial charge in [-0.25, -0.2) is 4.79 Å². The second kappa shape index (κ2) is 11.3. The largest absolute Gasteiger partial charge is 0.481 e. The average molecular weight is 478 g/mol. The Labute approximate surface area is 199 Å². The Bertz CT molecular complexity index is 830. The Morgan fingerprint density at radius 3 is 2.15 bits per heavy atom. The van der Waals surface area contributed by atoms with Gasteiger partial charge in [0.1, 0.15) is 0 Å². The smallest absolute Gasteiger partial charge is 0.336 e. The third kappa shape index (κ3) is 6.55. The minimum atomic E-state index is -2.74. The molecule has 2 saturated heterocycles. The van der Waals surface area contributed by atoms with Gasteiger partial charge in [0.25, 0.3) is 0 Å². The Balaban J connectivity index is 0.000000218. The zero-order valence-corrected chi connectivity index (χ0v) is 19.4. The predicted octanol–water partition coefficient (Wildman–Crippen LogP) is 2.43. The van der Waals surface area contributed by atoms with Crippen molar-refractivity contribution in [2.45, 2.75) is 56.5 Å². The molecule has 3 aliphatic rings. The number of likely N-dealkylation sites (tertiary alicyclic amines) is 1. The van der Waals surface area contributed by atoms with Gasteiger partial charge < -0.3 is 30.1 Å². The molecular formula is C25H35NO8. The van der Waals surface area contributed by atoms with Crippen LogP contribution in [0.2, 0.25) is 0 Å². The summed E-state index contributed by atoms with van der Waals surface area (Å²) >= 11 is 0.